The van der Waals surface area contributed by atoms with Gasteiger partial charge in [0.15, 0.2) is 0 Å². The minimum absolute atomic E-state index is 0.00313. The molecule has 2 aromatic rings. The SMILES string of the molecule is N#C/C(=C\c1ccc(O)cc1)C(=O)NCc1ccccn1. The van der Waals surface area contributed by atoms with Crippen molar-refractivity contribution in [1.29, 1.82) is 5.26 Å². The first-order valence-corrected chi connectivity index (χ1v) is 6.28. The molecule has 5 nitrogen and oxygen atoms in total. The van der Waals surface area contributed by atoms with Crippen molar-refractivity contribution >= 4 is 12.0 Å². The standard InChI is InChI=1S/C16H13N3O2/c17-10-13(9-12-4-6-15(20)7-5-12)16(21)19-11-14-3-1-2-8-18-14/h1-9,20H,11H2,(H,19,21)/b13-9+. The van der Waals surface area contributed by atoms with Gasteiger partial charge in [-0.1, -0.05) is 18.2 Å². The van der Waals surface area contributed by atoms with Crippen LogP contribution in [0.1, 0.15) is 11.3 Å². The van der Waals surface area contributed by atoms with Crippen molar-refractivity contribution in [2.24, 2.45) is 0 Å². The molecule has 0 aliphatic carbocycles. The van der Waals surface area contributed by atoms with Crippen LogP contribution in [0.5, 0.6) is 5.75 Å². The molecule has 2 N–H and O–H groups in total. The molecule has 1 aromatic carbocycles. The molecule has 0 saturated carbocycles. The van der Waals surface area contributed by atoms with Crippen LogP contribution in [0.15, 0.2) is 54.2 Å². The molecule has 1 heterocycles. The highest BCUT2D eigenvalue weighted by molar-refractivity contribution is 6.01. The van der Waals surface area contributed by atoms with Gasteiger partial charge in [-0.2, -0.15) is 5.26 Å². The molecular weight excluding hydrogens is 266 g/mol. The Balaban J connectivity index is 2.05. The maximum absolute atomic E-state index is 11.9. The summed E-state index contributed by atoms with van der Waals surface area (Å²) in [6, 6.07) is 13.5. The lowest BCUT2D eigenvalue weighted by Crippen LogP contribution is -2.24. The van der Waals surface area contributed by atoms with Crippen molar-refractivity contribution in [3.05, 3.63) is 65.5 Å². The van der Waals surface area contributed by atoms with Gasteiger partial charge < -0.3 is 10.4 Å². The molecule has 0 fully saturated rings. The van der Waals surface area contributed by atoms with Gasteiger partial charge in [-0.15, -0.1) is 0 Å². The smallest absolute Gasteiger partial charge is 0.262 e. The topological polar surface area (TPSA) is 86.0 Å². The Kier molecular flexibility index (Phi) is 4.67. The number of nitrogens with one attached hydrogen (secondary N) is 1. The molecule has 104 valence electrons. The fourth-order valence-corrected chi connectivity index (χ4v) is 1.65. The van der Waals surface area contributed by atoms with Crippen LogP contribution in [0.25, 0.3) is 6.08 Å². The minimum Gasteiger partial charge on any atom is -0.508 e. The number of phenolic OH excluding ortho intramolecular Hbond substituents is 1. The Morgan fingerprint density at radius 3 is 2.67 bits per heavy atom. The van der Waals surface area contributed by atoms with Gasteiger partial charge in [-0.05, 0) is 35.9 Å². The third kappa shape index (κ3) is 4.18. The van der Waals surface area contributed by atoms with Crippen LogP contribution >= 0.6 is 0 Å². The number of phenols is 1. The molecule has 0 unspecified atom stereocenters. The molecule has 5 heteroatoms. The van der Waals surface area contributed by atoms with Gasteiger partial charge in [0.05, 0.1) is 12.2 Å². The third-order valence-electron chi connectivity index (χ3n) is 2.73. The van der Waals surface area contributed by atoms with Crippen LogP contribution < -0.4 is 5.32 Å². The molecule has 0 radical (unpaired) electrons. The molecule has 0 bridgehead atoms. The minimum atomic E-state index is -0.462. The summed E-state index contributed by atoms with van der Waals surface area (Å²) in [7, 11) is 0. The van der Waals surface area contributed by atoms with Gasteiger partial charge in [-0.3, -0.25) is 9.78 Å². The molecule has 0 aliphatic heterocycles. The van der Waals surface area contributed by atoms with E-state index in [9.17, 15) is 9.90 Å². The summed E-state index contributed by atoms with van der Waals surface area (Å²) in [6.45, 7) is 0.258. The van der Waals surface area contributed by atoms with Crippen molar-refractivity contribution in [1.82, 2.24) is 10.3 Å². The lowest BCUT2D eigenvalue weighted by Gasteiger charge is -2.03. The number of aromatic nitrogens is 1. The van der Waals surface area contributed by atoms with E-state index in [0.29, 0.717) is 11.3 Å². The van der Waals surface area contributed by atoms with Crippen LogP contribution in [0.2, 0.25) is 0 Å². The summed E-state index contributed by atoms with van der Waals surface area (Å²) < 4.78 is 0. The summed E-state index contributed by atoms with van der Waals surface area (Å²) in [4.78, 5) is 16.0. The maximum atomic E-state index is 11.9. The molecule has 0 spiro atoms. The summed E-state index contributed by atoms with van der Waals surface area (Å²) in [5, 5.41) is 20.9. The molecule has 2 rings (SSSR count). The number of pyridine rings is 1. The Bertz CT molecular complexity index is 686. The highest BCUT2D eigenvalue weighted by atomic mass is 16.3. The van der Waals surface area contributed by atoms with Gasteiger partial charge in [0.25, 0.3) is 5.91 Å². The first-order chi connectivity index (χ1) is 10.2. The first-order valence-electron chi connectivity index (χ1n) is 6.28. The van der Waals surface area contributed by atoms with Crippen molar-refractivity contribution in [3.63, 3.8) is 0 Å². The summed E-state index contributed by atoms with van der Waals surface area (Å²) in [6.07, 6.45) is 3.10. The quantitative estimate of drug-likeness (QED) is 0.662. The van der Waals surface area contributed by atoms with Crippen LogP contribution in [-0.4, -0.2) is 16.0 Å². The highest BCUT2D eigenvalue weighted by Crippen LogP contribution is 2.12. The van der Waals surface area contributed by atoms with Gasteiger partial charge in [-0.25, -0.2) is 0 Å². The number of nitriles is 1. The van der Waals surface area contributed by atoms with Gasteiger partial charge >= 0.3 is 0 Å². The Morgan fingerprint density at radius 1 is 1.29 bits per heavy atom. The van der Waals surface area contributed by atoms with E-state index in [-0.39, 0.29) is 17.9 Å². The predicted octanol–water partition coefficient (Wildman–Crippen LogP) is 2.01. The zero-order valence-corrected chi connectivity index (χ0v) is 11.2. The average Bonchev–Trinajstić information content (AvgIpc) is 2.53. The Labute approximate surface area is 122 Å². The molecule has 0 saturated heterocycles. The van der Waals surface area contributed by atoms with Gasteiger partial charge in [0.1, 0.15) is 17.4 Å². The van der Waals surface area contributed by atoms with E-state index in [1.807, 2.05) is 12.1 Å². The van der Waals surface area contributed by atoms with E-state index in [0.717, 1.165) is 0 Å². The second kappa shape index (κ2) is 6.87. The molecule has 1 amide bonds. The van der Waals surface area contributed by atoms with Crippen molar-refractivity contribution in [2.45, 2.75) is 6.54 Å². The van der Waals surface area contributed by atoms with Crippen molar-refractivity contribution in [2.75, 3.05) is 0 Å². The number of carbonyl (C=O) groups excluding carboxylic acids is 1. The van der Waals surface area contributed by atoms with Crippen molar-refractivity contribution in [3.8, 4) is 11.8 Å². The first kappa shape index (κ1) is 14.3. The van der Waals surface area contributed by atoms with Crippen LogP contribution in [0, 0.1) is 11.3 Å². The second-order valence-corrected chi connectivity index (χ2v) is 4.27. The number of hydrogen-bond acceptors (Lipinski definition) is 4. The number of benzene rings is 1. The summed E-state index contributed by atoms with van der Waals surface area (Å²) in [5.41, 5.74) is 1.38. The van der Waals surface area contributed by atoms with E-state index < -0.39 is 5.91 Å². The Hall–Kier alpha value is -3.13. The molecule has 0 atom stereocenters. The summed E-state index contributed by atoms with van der Waals surface area (Å²) >= 11 is 0. The fraction of sp³-hybridized carbons (Fsp3) is 0.0625. The average molecular weight is 279 g/mol. The maximum Gasteiger partial charge on any atom is 0.262 e. The normalized spacial score (nSPS) is 10.7. The lowest BCUT2D eigenvalue weighted by atomic mass is 10.1. The van der Waals surface area contributed by atoms with E-state index >= 15 is 0 Å². The second-order valence-electron chi connectivity index (χ2n) is 4.27. The predicted molar refractivity (Wildman–Crippen MR) is 77.8 cm³/mol. The lowest BCUT2D eigenvalue weighted by molar-refractivity contribution is -0.117. The van der Waals surface area contributed by atoms with Gasteiger partial charge in [0.2, 0.25) is 0 Å². The molecule has 0 aliphatic rings. The number of amides is 1. The summed E-state index contributed by atoms with van der Waals surface area (Å²) in [5.74, 6) is -0.332. The molecule has 21 heavy (non-hydrogen) atoms. The zero-order chi connectivity index (χ0) is 15.1. The van der Waals surface area contributed by atoms with E-state index in [2.05, 4.69) is 10.3 Å². The van der Waals surface area contributed by atoms with E-state index in [1.165, 1.54) is 18.2 Å². The number of hydrogen-bond donors (Lipinski definition) is 2. The monoisotopic (exact) mass is 279 g/mol. The Morgan fingerprint density at radius 2 is 2.05 bits per heavy atom. The van der Waals surface area contributed by atoms with E-state index in [4.69, 9.17) is 5.26 Å². The number of aromatic hydroxyl groups is 1. The highest BCUT2D eigenvalue weighted by Gasteiger charge is 2.08. The van der Waals surface area contributed by atoms with Crippen LogP contribution in [-0.2, 0) is 11.3 Å². The zero-order valence-electron chi connectivity index (χ0n) is 11.2. The van der Waals surface area contributed by atoms with Crippen LogP contribution in [0.4, 0.5) is 0 Å². The third-order valence-corrected chi connectivity index (χ3v) is 2.73. The molecule has 1 aromatic heterocycles. The number of nitrogens with zero attached hydrogens (tertiary/aromatic N) is 2. The largest absolute Gasteiger partial charge is 0.508 e. The fourth-order valence-electron chi connectivity index (χ4n) is 1.65. The van der Waals surface area contributed by atoms with Gasteiger partial charge in [0, 0.05) is 6.20 Å². The molecular formula is C16H13N3O2. The van der Waals surface area contributed by atoms with Crippen molar-refractivity contribution < 1.29 is 9.90 Å². The number of carbonyl (C=O) groups is 1. The van der Waals surface area contributed by atoms with Crippen LogP contribution in [0.3, 0.4) is 0 Å². The van der Waals surface area contributed by atoms with E-state index in [1.54, 1.807) is 30.5 Å². The number of rotatable bonds is 4.